The summed E-state index contributed by atoms with van der Waals surface area (Å²) in [6.45, 7) is 6.80. The number of nitrogens with zero attached hydrogens (tertiary/aromatic N) is 3. The molecule has 92 valence electrons. The lowest BCUT2D eigenvalue weighted by Gasteiger charge is -2.25. The molecule has 2 aromatic rings. The van der Waals surface area contributed by atoms with Gasteiger partial charge in [-0.05, 0) is 27.8 Å². The maximum atomic E-state index is 5.22. The molecule has 1 N–H and O–H groups in total. The van der Waals surface area contributed by atoms with Crippen LogP contribution in [0.5, 0.6) is 0 Å². The van der Waals surface area contributed by atoms with Crippen LogP contribution in [0.1, 0.15) is 31.0 Å². The van der Waals surface area contributed by atoms with Crippen molar-refractivity contribution in [3.8, 4) is 0 Å². The van der Waals surface area contributed by atoms with Gasteiger partial charge < -0.3 is 14.4 Å². The van der Waals surface area contributed by atoms with Gasteiger partial charge in [-0.15, -0.1) is 0 Å². The summed E-state index contributed by atoms with van der Waals surface area (Å²) in [7, 11) is 1.94. The van der Waals surface area contributed by atoms with Crippen LogP contribution in [-0.2, 0) is 12.1 Å². The van der Waals surface area contributed by atoms with E-state index in [0.717, 1.165) is 17.1 Å². The highest BCUT2D eigenvalue weighted by atomic mass is 16.5. The number of aryl methyl sites for hydroxylation is 1. The molecule has 2 aromatic heterocycles. The molecule has 2 rings (SSSR count). The van der Waals surface area contributed by atoms with E-state index in [1.807, 2.05) is 32.6 Å². The van der Waals surface area contributed by atoms with Crippen LogP contribution < -0.4 is 5.32 Å². The summed E-state index contributed by atoms with van der Waals surface area (Å²) in [6.07, 6.45) is 3.69. The smallest absolute Gasteiger partial charge is 0.156 e. The van der Waals surface area contributed by atoms with Crippen molar-refractivity contribution in [2.45, 2.75) is 32.9 Å². The molecule has 2 heterocycles. The summed E-state index contributed by atoms with van der Waals surface area (Å²) < 4.78 is 7.29. The molecule has 0 aliphatic heterocycles. The standard InChI is InChI=1S/C12H18N4O/c1-9-5-10(17-15-9)7-16-8-14-6-11(16)12(2,3)13-4/h5-6,8,13H,7H2,1-4H3. The predicted molar refractivity (Wildman–Crippen MR) is 64.7 cm³/mol. The number of hydrogen-bond acceptors (Lipinski definition) is 4. The van der Waals surface area contributed by atoms with E-state index in [9.17, 15) is 0 Å². The maximum Gasteiger partial charge on any atom is 0.156 e. The molecule has 17 heavy (non-hydrogen) atoms. The van der Waals surface area contributed by atoms with E-state index in [1.165, 1.54) is 0 Å². The van der Waals surface area contributed by atoms with E-state index >= 15 is 0 Å². The average molecular weight is 234 g/mol. The second kappa shape index (κ2) is 4.33. The van der Waals surface area contributed by atoms with Crippen LogP contribution in [0.2, 0.25) is 0 Å². The maximum absolute atomic E-state index is 5.22. The molecular formula is C12H18N4O. The van der Waals surface area contributed by atoms with Crippen molar-refractivity contribution in [2.75, 3.05) is 7.05 Å². The van der Waals surface area contributed by atoms with Gasteiger partial charge in [0.25, 0.3) is 0 Å². The van der Waals surface area contributed by atoms with E-state index < -0.39 is 0 Å². The van der Waals surface area contributed by atoms with Gasteiger partial charge in [0.05, 0.1) is 36.0 Å². The van der Waals surface area contributed by atoms with E-state index in [4.69, 9.17) is 4.52 Å². The third-order valence-electron chi connectivity index (χ3n) is 2.98. The van der Waals surface area contributed by atoms with Gasteiger partial charge in [0, 0.05) is 6.07 Å². The first-order valence-electron chi connectivity index (χ1n) is 5.64. The van der Waals surface area contributed by atoms with Crippen LogP contribution in [-0.4, -0.2) is 21.8 Å². The fraction of sp³-hybridized carbons (Fsp3) is 0.500. The lowest BCUT2D eigenvalue weighted by molar-refractivity contribution is 0.361. The minimum atomic E-state index is -0.119. The Balaban J connectivity index is 2.26. The predicted octanol–water partition coefficient (Wildman–Crippen LogP) is 1.68. The van der Waals surface area contributed by atoms with Crippen molar-refractivity contribution in [1.29, 1.82) is 0 Å². The van der Waals surface area contributed by atoms with E-state index in [2.05, 4.69) is 33.9 Å². The minimum Gasteiger partial charge on any atom is -0.359 e. The van der Waals surface area contributed by atoms with Gasteiger partial charge in [-0.1, -0.05) is 5.16 Å². The van der Waals surface area contributed by atoms with Crippen LogP contribution >= 0.6 is 0 Å². The Hall–Kier alpha value is -1.62. The highest BCUT2D eigenvalue weighted by molar-refractivity contribution is 5.13. The second-order valence-corrected chi connectivity index (χ2v) is 4.72. The molecule has 0 aliphatic rings. The third-order valence-corrected chi connectivity index (χ3v) is 2.98. The Morgan fingerprint density at radius 1 is 1.47 bits per heavy atom. The topological polar surface area (TPSA) is 55.9 Å². The van der Waals surface area contributed by atoms with Gasteiger partial charge in [-0.25, -0.2) is 4.98 Å². The van der Waals surface area contributed by atoms with Crippen LogP contribution in [0.15, 0.2) is 23.1 Å². The third kappa shape index (κ3) is 2.39. The number of aromatic nitrogens is 3. The highest BCUT2D eigenvalue weighted by Crippen LogP contribution is 2.20. The quantitative estimate of drug-likeness (QED) is 0.874. The Morgan fingerprint density at radius 3 is 2.82 bits per heavy atom. The molecule has 0 bridgehead atoms. The monoisotopic (exact) mass is 234 g/mol. The molecule has 0 atom stereocenters. The minimum absolute atomic E-state index is 0.119. The molecular weight excluding hydrogens is 216 g/mol. The van der Waals surface area contributed by atoms with Gasteiger partial charge in [0.15, 0.2) is 5.76 Å². The molecule has 0 radical (unpaired) electrons. The van der Waals surface area contributed by atoms with Crippen LogP contribution in [0.25, 0.3) is 0 Å². The average Bonchev–Trinajstić information content (AvgIpc) is 2.89. The Labute approximate surface area is 101 Å². The molecule has 0 unspecified atom stereocenters. The van der Waals surface area contributed by atoms with Crippen LogP contribution in [0, 0.1) is 6.92 Å². The van der Waals surface area contributed by atoms with Crippen molar-refractivity contribution < 1.29 is 4.52 Å². The van der Waals surface area contributed by atoms with Crippen molar-refractivity contribution in [1.82, 2.24) is 20.0 Å². The van der Waals surface area contributed by atoms with Gasteiger partial charge in [0.1, 0.15) is 0 Å². The largest absolute Gasteiger partial charge is 0.359 e. The van der Waals surface area contributed by atoms with Gasteiger partial charge in [0.2, 0.25) is 0 Å². The fourth-order valence-electron chi connectivity index (χ4n) is 1.75. The Kier molecular flexibility index (Phi) is 3.02. The molecule has 0 saturated carbocycles. The van der Waals surface area contributed by atoms with E-state index in [0.29, 0.717) is 6.54 Å². The molecule has 5 nitrogen and oxygen atoms in total. The number of rotatable bonds is 4. The number of nitrogens with one attached hydrogen (secondary N) is 1. The molecule has 0 aliphatic carbocycles. The van der Waals surface area contributed by atoms with Crippen LogP contribution in [0.4, 0.5) is 0 Å². The lowest BCUT2D eigenvalue weighted by atomic mass is 10.0. The first kappa shape index (κ1) is 11.9. The first-order valence-corrected chi connectivity index (χ1v) is 5.64. The lowest BCUT2D eigenvalue weighted by Crippen LogP contribution is -2.35. The van der Waals surface area contributed by atoms with Crippen molar-refractivity contribution >= 4 is 0 Å². The Morgan fingerprint density at radius 2 is 2.24 bits per heavy atom. The fourth-order valence-corrected chi connectivity index (χ4v) is 1.75. The summed E-state index contributed by atoms with van der Waals surface area (Å²) in [4.78, 5) is 4.20. The molecule has 0 amide bonds. The van der Waals surface area contributed by atoms with E-state index in [1.54, 1.807) is 0 Å². The van der Waals surface area contributed by atoms with Crippen molar-refractivity contribution in [3.63, 3.8) is 0 Å². The number of hydrogen-bond donors (Lipinski definition) is 1. The molecule has 0 fully saturated rings. The summed E-state index contributed by atoms with van der Waals surface area (Å²) in [6, 6.07) is 1.94. The van der Waals surface area contributed by atoms with Gasteiger partial charge >= 0.3 is 0 Å². The summed E-state index contributed by atoms with van der Waals surface area (Å²) in [5, 5.41) is 7.15. The van der Waals surface area contributed by atoms with Gasteiger partial charge in [-0.3, -0.25) is 0 Å². The zero-order valence-corrected chi connectivity index (χ0v) is 10.7. The normalized spacial score (nSPS) is 12.0. The van der Waals surface area contributed by atoms with E-state index in [-0.39, 0.29) is 5.54 Å². The summed E-state index contributed by atoms with van der Waals surface area (Å²) in [5.41, 5.74) is 1.90. The summed E-state index contributed by atoms with van der Waals surface area (Å²) in [5.74, 6) is 0.841. The Bertz CT molecular complexity index is 498. The molecule has 5 heteroatoms. The first-order chi connectivity index (χ1) is 8.03. The molecule has 0 aromatic carbocycles. The highest BCUT2D eigenvalue weighted by Gasteiger charge is 2.22. The van der Waals surface area contributed by atoms with Gasteiger partial charge in [-0.2, -0.15) is 0 Å². The van der Waals surface area contributed by atoms with Crippen LogP contribution in [0.3, 0.4) is 0 Å². The van der Waals surface area contributed by atoms with Crippen molar-refractivity contribution in [3.05, 3.63) is 35.7 Å². The molecule has 0 spiro atoms. The number of imidazole rings is 1. The molecule has 0 saturated heterocycles. The SMILES string of the molecule is CNC(C)(C)c1cncn1Cc1cc(C)no1. The van der Waals surface area contributed by atoms with Crippen molar-refractivity contribution in [2.24, 2.45) is 0 Å². The zero-order chi connectivity index (χ0) is 12.5. The second-order valence-electron chi connectivity index (χ2n) is 4.72. The summed E-state index contributed by atoms with van der Waals surface area (Å²) >= 11 is 0. The zero-order valence-electron chi connectivity index (χ0n) is 10.7.